The summed E-state index contributed by atoms with van der Waals surface area (Å²) < 4.78 is 43.6. The minimum absolute atomic E-state index is 0.176. The zero-order valence-corrected chi connectivity index (χ0v) is 15.1. The Kier molecular flexibility index (Phi) is 5.53. The maximum absolute atomic E-state index is 12.2. The highest BCUT2D eigenvalue weighted by Gasteiger charge is 2.26. The summed E-state index contributed by atoms with van der Waals surface area (Å²) in [7, 11) is -4.87. The molecule has 0 aliphatic heterocycles. The van der Waals surface area contributed by atoms with E-state index in [4.69, 9.17) is 9.47 Å². The molecule has 0 aliphatic carbocycles. The van der Waals surface area contributed by atoms with E-state index in [1.54, 1.807) is 36.4 Å². The van der Waals surface area contributed by atoms with E-state index in [2.05, 4.69) is 0 Å². The van der Waals surface area contributed by atoms with Gasteiger partial charge in [0, 0.05) is 0 Å². The van der Waals surface area contributed by atoms with Crippen LogP contribution in [0.2, 0.25) is 0 Å². The van der Waals surface area contributed by atoms with Crippen molar-refractivity contribution in [3.63, 3.8) is 0 Å². The van der Waals surface area contributed by atoms with Gasteiger partial charge in [0.15, 0.2) is 16.4 Å². The van der Waals surface area contributed by atoms with Crippen molar-refractivity contribution in [2.45, 2.75) is 4.90 Å². The van der Waals surface area contributed by atoms with Gasteiger partial charge in [-0.05, 0) is 36.4 Å². The van der Waals surface area contributed by atoms with Gasteiger partial charge < -0.3 is 9.47 Å². The van der Waals surface area contributed by atoms with Crippen LogP contribution >= 0.6 is 0 Å². The Morgan fingerprint density at radius 3 is 1.39 bits per heavy atom. The van der Waals surface area contributed by atoms with Crippen LogP contribution in [0.1, 0.15) is 20.7 Å². The Balaban J connectivity index is 1.97. The van der Waals surface area contributed by atoms with E-state index in [1.165, 1.54) is 42.5 Å². The van der Waals surface area contributed by atoms with E-state index in [9.17, 15) is 22.6 Å². The smallest absolute Gasteiger partial charge is 0.343 e. The maximum atomic E-state index is 12.2. The molecule has 3 aromatic carbocycles. The second kappa shape index (κ2) is 8.03. The SMILES string of the molecule is O=C(Oc1cccc(OC(=O)c2ccccc2)c1S(=O)(=O)O)c1ccccc1. The van der Waals surface area contributed by atoms with Gasteiger partial charge in [0.2, 0.25) is 0 Å². The van der Waals surface area contributed by atoms with Gasteiger partial charge in [-0.15, -0.1) is 0 Å². The van der Waals surface area contributed by atoms with Crippen molar-refractivity contribution < 1.29 is 32.0 Å². The number of hydrogen-bond acceptors (Lipinski definition) is 6. The summed E-state index contributed by atoms with van der Waals surface area (Å²) in [6, 6.07) is 19.4. The monoisotopic (exact) mass is 398 g/mol. The molecule has 0 heterocycles. The van der Waals surface area contributed by atoms with Crippen molar-refractivity contribution in [3.8, 4) is 11.5 Å². The Bertz CT molecular complexity index is 1040. The Morgan fingerprint density at radius 2 is 1.04 bits per heavy atom. The molecule has 1 N–H and O–H groups in total. The van der Waals surface area contributed by atoms with Crippen molar-refractivity contribution in [1.29, 1.82) is 0 Å². The van der Waals surface area contributed by atoms with Crippen molar-refractivity contribution in [3.05, 3.63) is 90.0 Å². The number of carbonyl (C=O) groups excluding carboxylic acids is 2. The van der Waals surface area contributed by atoms with Crippen LogP contribution in [0.3, 0.4) is 0 Å². The van der Waals surface area contributed by atoms with Gasteiger partial charge in [-0.2, -0.15) is 8.42 Å². The van der Waals surface area contributed by atoms with E-state index in [0.717, 1.165) is 0 Å². The number of carbonyl (C=O) groups is 2. The molecule has 7 nitrogen and oxygen atoms in total. The lowest BCUT2D eigenvalue weighted by Gasteiger charge is -2.12. The zero-order valence-electron chi connectivity index (χ0n) is 14.3. The van der Waals surface area contributed by atoms with Crippen molar-refractivity contribution in [1.82, 2.24) is 0 Å². The first-order valence-corrected chi connectivity index (χ1v) is 9.45. The fourth-order valence-electron chi connectivity index (χ4n) is 2.38. The minimum atomic E-state index is -4.87. The molecule has 0 unspecified atom stereocenters. The van der Waals surface area contributed by atoms with Crippen LogP contribution in [-0.4, -0.2) is 24.9 Å². The molecule has 142 valence electrons. The van der Waals surface area contributed by atoms with Gasteiger partial charge in [0.1, 0.15) is 0 Å². The molecule has 3 aromatic rings. The normalized spacial score (nSPS) is 10.9. The van der Waals surface area contributed by atoms with Crippen LogP contribution in [0.4, 0.5) is 0 Å². The van der Waals surface area contributed by atoms with Gasteiger partial charge in [-0.3, -0.25) is 4.55 Å². The zero-order chi connectivity index (χ0) is 20.1. The number of hydrogen-bond donors (Lipinski definition) is 1. The van der Waals surface area contributed by atoms with Gasteiger partial charge in [0.05, 0.1) is 11.1 Å². The lowest BCUT2D eigenvalue weighted by molar-refractivity contribution is 0.0723. The van der Waals surface area contributed by atoms with Gasteiger partial charge in [-0.25, -0.2) is 9.59 Å². The number of benzene rings is 3. The van der Waals surface area contributed by atoms with Crippen LogP contribution < -0.4 is 9.47 Å². The predicted octanol–water partition coefficient (Wildman–Crippen LogP) is 3.37. The van der Waals surface area contributed by atoms with Crippen LogP contribution in [0.15, 0.2) is 83.8 Å². The van der Waals surface area contributed by atoms with Crippen molar-refractivity contribution in [2.24, 2.45) is 0 Å². The molecule has 0 fully saturated rings. The molecular weight excluding hydrogens is 384 g/mol. The van der Waals surface area contributed by atoms with Crippen LogP contribution in [-0.2, 0) is 10.1 Å². The molecule has 0 saturated carbocycles. The largest absolute Gasteiger partial charge is 0.421 e. The molecule has 3 rings (SSSR count). The number of esters is 2. The molecule has 0 spiro atoms. The third kappa shape index (κ3) is 4.43. The average molecular weight is 398 g/mol. The Hall–Kier alpha value is -3.49. The quantitative estimate of drug-likeness (QED) is 0.399. The average Bonchev–Trinajstić information content (AvgIpc) is 2.68. The van der Waals surface area contributed by atoms with E-state index in [1.807, 2.05) is 0 Å². The van der Waals surface area contributed by atoms with E-state index in [0.29, 0.717) is 0 Å². The summed E-state index contributed by atoms with van der Waals surface area (Å²) in [6.07, 6.45) is 0. The van der Waals surface area contributed by atoms with Crippen LogP contribution in [0.25, 0.3) is 0 Å². The second-order valence-electron chi connectivity index (χ2n) is 5.57. The predicted molar refractivity (Wildman–Crippen MR) is 99.1 cm³/mol. The van der Waals surface area contributed by atoms with E-state index < -0.39 is 38.5 Å². The maximum Gasteiger partial charge on any atom is 0.343 e. The van der Waals surface area contributed by atoms with E-state index in [-0.39, 0.29) is 11.1 Å². The summed E-state index contributed by atoms with van der Waals surface area (Å²) in [5, 5.41) is 0. The molecule has 0 radical (unpaired) electrons. The molecular formula is C20H14O7S. The summed E-state index contributed by atoms with van der Waals surface area (Å²) in [4.78, 5) is 23.7. The first-order chi connectivity index (χ1) is 13.4. The summed E-state index contributed by atoms with van der Waals surface area (Å²) >= 11 is 0. The lowest BCUT2D eigenvalue weighted by Crippen LogP contribution is -2.15. The fourth-order valence-corrected chi connectivity index (χ4v) is 3.10. The molecule has 0 bridgehead atoms. The highest BCUT2D eigenvalue weighted by molar-refractivity contribution is 7.86. The van der Waals surface area contributed by atoms with Gasteiger partial charge >= 0.3 is 22.1 Å². The van der Waals surface area contributed by atoms with E-state index >= 15 is 0 Å². The third-order valence-corrected chi connectivity index (χ3v) is 4.54. The summed E-state index contributed by atoms with van der Waals surface area (Å²) in [6.45, 7) is 0. The molecule has 8 heteroatoms. The standard InChI is InChI=1S/C20H14O7S/c21-19(14-8-3-1-4-9-14)26-16-12-7-13-17(18(16)28(23,24)25)27-20(22)15-10-5-2-6-11-15/h1-13H,(H,23,24,25). The number of ether oxygens (including phenoxy) is 2. The minimum Gasteiger partial charge on any atom is -0.421 e. The highest BCUT2D eigenvalue weighted by Crippen LogP contribution is 2.34. The molecule has 0 amide bonds. The summed E-state index contributed by atoms with van der Waals surface area (Å²) in [5.74, 6) is -2.60. The molecule has 0 atom stereocenters. The highest BCUT2D eigenvalue weighted by atomic mass is 32.2. The fraction of sp³-hybridized carbons (Fsp3) is 0. The van der Waals surface area contributed by atoms with Crippen LogP contribution in [0.5, 0.6) is 11.5 Å². The Morgan fingerprint density at radius 1 is 0.643 bits per heavy atom. The van der Waals surface area contributed by atoms with Crippen molar-refractivity contribution >= 4 is 22.1 Å². The Labute approximate surface area is 160 Å². The number of rotatable bonds is 5. The molecule has 28 heavy (non-hydrogen) atoms. The molecule has 0 aliphatic rings. The van der Waals surface area contributed by atoms with Gasteiger partial charge in [-0.1, -0.05) is 42.5 Å². The topological polar surface area (TPSA) is 107 Å². The lowest BCUT2D eigenvalue weighted by atomic mass is 10.2. The molecule has 0 aromatic heterocycles. The van der Waals surface area contributed by atoms with Crippen LogP contribution in [0, 0.1) is 0 Å². The first-order valence-electron chi connectivity index (χ1n) is 8.01. The summed E-state index contributed by atoms with van der Waals surface area (Å²) in [5.41, 5.74) is 0.353. The second-order valence-corrected chi connectivity index (χ2v) is 6.93. The van der Waals surface area contributed by atoms with Crippen molar-refractivity contribution in [2.75, 3.05) is 0 Å². The first kappa shape index (κ1) is 19.3. The third-order valence-electron chi connectivity index (χ3n) is 3.63. The van der Waals surface area contributed by atoms with Gasteiger partial charge in [0.25, 0.3) is 0 Å². The molecule has 0 saturated heterocycles.